The zero-order valence-electron chi connectivity index (χ0n) is 19.3. The van der Waals surface area contributed by atoms with Gasteiger partial charge in [-0.1, -0.05) is 36.7 Å². The Kier molecular flexibility index (Phi) is 7.43. The number of carbonyl (C=O) groups excluding carboxylic acids is 1. The molecule has 1 aliphatic carbocycles. The Morgan fingerprint density at radius 1 is 1.03 bits per heavy atom. The van der Waals surface area contributed by atoms with Gasteiger partial charge >= 0.3 is 0 Å². The first kappa shape index (κ1) is 24.2. The fraction of sp³-hybridized carbons (Fsp3) is 0.480. The largest absolute Gasteiger partial charge is 0.345 e. The Hall–Kier alpha value is -1.93. The number of carbonyl (C=O) groups is 1. The number of hydrogen-bond donors (Lipinski definition) is 1. The van der Waals surface area contributed by atoms with Crippen molar-refractivity contribution in [3.8, 4) is 0 Å². The van der Waals surface area contributed by atoms with Crippen molar-refractivity contribution in [2.75, 3.05) is 33.2 Å². The van der Waals surface area contributed by atoms with Crippen LogP contribution in [0.5, 0.6) is 0 Å². The summed E-state index contributed by atoms with van der Waals surface area (Å²) in [5.41, 5.74) is 4.16. The van der Waals surface area contributed by atoms with Gasteiger partial charge < -0.3 is 10.2 Å². The van der Waals surface area contributed by atoms with Crippen LogP contribution in [0.3, 0.4) is 0 Å². The molecule has 1 fully saturated rings. The number of rotatable bonds is 6. The van der Waals surface area contributed by atoms with Gasteiger partial charge in [0, 0.05) is 31.7 Å². The lowest BCUT2D eigenvalue weighted by atomic mass is 9.88. The lowest BCUT2D eigenvalue weighted by Crippen LogP contribution is -2.47. The molecular formula is C25H32ClN3O3S. The zero-order valence-corrected chi connectivity index (χ0v) is 20.9. The number of nitrogens with one attached hydrogen (secondary N) is 1. The number of benzene rings is 2. The van der Waals surface area contributed by atoms with Gasteiger partial charge in [0.05, 0.1) is 11.1 Å². The second kappa shape index (κ2) is 10.1. The number of piperazine rings is 1. The Morgan fingerprint density at radius 3 is 2.42 bits per heavy atom. The third-order valence-corrected chi connectivity index (χ3v) is 9.14. The molecule has 1 heterocycles. The van der Waals surface area contributed by atoms with Crippen LogP contribution in [0.15, 0.2) is 41.3 Å². The summed E-state index contributed by atoms with van der Waals surface area (Å²) in [5.74, 6) is -0.300. The van der Waals surface area contributed by atoms with Crippen molar-refractivity contribution in [3.05, 3.63) is 63.7 Å². The third-order valence-electron chi connectivity index (χ3n) is 6.76. The van der Waals surface area contributed by atoms with E-state index in [9.17, 15) is 13.2 Å². The maximum atomic E-state index is 13.2. The van der Waals surface area contributed by atoms with Crippen LogP contribution in [0.4, 0.5) is 0 Å². The molecule has 1 unspecified atom stereocenters. The quantitative estimate of drug-likeness (QED) is 0.665. The number of amides is 1. The van der Waals surface area contributed by atoms with E-state index in [0.717, 1.165) is 24.8 Å². The van der Waals surface area contributed by atoms with E-state index >= 15 is 0 Å². The third kappa shape index (κ3) is 5.27. The van der Waals surface area contributed by atoms with Crippen molar-refractivity contribution in [1.82, 2.24) is 14.5 Å². The highest BCUT2D eigenvalue weighted by molar-refractivity contribution is 7.89. The molecule has 1 aliphatic heterocycles. The summed E-state index contributed by atoms with van der Waals surface area (Å²) in [7, 11) is -1.81. The van der Waals surface area contributed by atoms with E-state index in [1.807, 2.05) is 14.0 Å². The van der Waals surface area contributed by atoms with E-state index in [1.54, 1.807) is 6.07 Å². The van der Waals surface area contributed by atoms with Crippen LogP contribution in [0.2, 0.25) is 5.02 Å². The number of nitrogens with zero attached hydrogens (tertiary/aromatic N) is 2. The van der Waals surface area contributed by atoms with Crippen molar-refractivity contribution >= 4 is 27.5 Å². The van der Waals surface area contributed by atoms with Gasteiger partial charge in [0.25, 0.3) is 5.91 Å². The van der Waals surface area contributed by atoms with Gasteiger partial charge in [0.15, 0.2) is 0 Å². The maximum absolute atomic E-state index is 13.2. The Balaban J connectivity index is 1.55. The summed E-state index contributed by atoms with van der Waals surface area (Å²) in [6.07, 6.45) is 5.38. The van der Waals surface area contributed by atoms with Gasteiger partial charge in [-0.25, -0.2) is 8.42 Å². The first-order valence-corrected chi connectivity index (χ1v) is 13.5. The minimum Gasteiger partial charge on any atom is -0.345 e. The Morgan fingerprint density at radius 2 is 1.73 bits per heavy atom. The van der Waals surface area contributed by atoms with Crippen LogP contribution in [-0.2, 0) is 22.9 Å². The van der Waals surface area contributed by atoms with E-state index in [4.69, 9.17) is 11.6 Å². The summed E-state index contributed by atoms with van der Waals surface area (Å²) in [6, 6.07) is 10.8. The second-order valence-corrected chi connectivity index (χ2v) is 11.3. The smallest absolute Gasteiger partial charge is 0.251 e. The van der Waals surface area contributed by atoms with Gasteiger partial charge in [-0.2, -0.15) is 4.31 Å². The van der Waals surface area contributed by atoms with E-state index in [-0.39, 0.29) is 21.9 Å². The van der Waals surface area contributed by atoms with Gasteiger partial charge in [-0.15, -0.1) is 0 Å². The first-order chi connectivity index (χ1) is 15.8. The van der Waals surface area contributed by atoms with Crippen LogP contribution >= 0.6 is 11.6 Å². The Labute approximate surface area is 202 Å². The number of fused-ring (bicyclic) bond motifs is 1. The maximum Gasteiger partial charge on any atom is 0.251 e. The van der Waals surface area contributed by atoms with E-state index < -0.39 is 10.0 Å². The van der Waals surface area contributed by atoms with Gasteiger partial charge in [0.1, 0.15) is 4.90 Å². The SMILES string of the molecule is CCC(NC(=O)c1ccc(Cl)c(S(=O)(=O)N2CCN(C)CC2)c1)c1ccc2c(c1)CCCC2. The molecule has 33 heavy (non-hydrogen) atoms. The van der Waals surface area contributed by atoms with Crippen molar-refractivity contribution in [3.63, 3.8) is 0 Å². The van der Waals surface area contributed by atoms with Crippen molar-refractivity contribution in [2.45, 2.75) is 50.0 Å². The molecule has 6 nitrogen and oxygen atoms in total. The molecular weight excluding hydrogens is 458 g/mol. The topological polar surface area (TPSA) is 69.7 Å². The number of aryl methyl sites for hydroxylation is 2. The zero-order chi connectivity index (χ0) is 23.6. The van der Waals surface area contributed by atoms with Crippen molar-refractivity contribution < 1.29 is 13.2 Å². The predicted octanol–water partition coefficient (Wildman–Crippen LogP) is 4.04. The molecule has 1 atom stereocenters. The standard InChI is InChI=1S/C25H32ClN3O3S/c1-3-23(20-9-8-18-6-4-5-7-19(18)16-20)27-25(30)21-10-11-22(26)24(17-21)33(31,32)29-14-12-28(2)13-15-29/h8-11,16-17,23H,3-7,12-15H2,1-2H3,(H,27,30). The summed E-state index contributed by atoms with van der Waals surface area (Å²) in [4.78, 5) is 15.2. The fourth-order valence-electron chi connectivity index (χ4n) is 4.64. The normalized spacial score (nSPS) is 18.5. The molecule has 0 spiro atoms. The molecule has 1 amide bonds. The van der Waals surface area contributed by atoms with Crippen LogP contribution in [0.25, 0.3) is 0 Å². The van der Waals surface area contributed by atoms with Crippen molar-refractivity contribution in [2.24, 2.45) is 0 Å². The van der Waals surface area contributed by atoms with E-state index in [0.29, 0.717) is 31.7 Å². The molecule has 2 aromatic rings. The molecule has 178 valence electrons. The van der Waals surface area contributed by atoms with E-state index in [2.05, 4.69) is 28.4 Å². The molecule has 4 rings (SSSR count). The van der Waals surface area contributed by atoms with E-state index in [1.165, 1.54) is 40.4 Å². The predicted molar refractivity (Wildman–Crippen MR) is 131 cm³/mol. The molecule has 0 saturated carbocycles. The van der Waals surface area contributed by atoms with Crippen molar-refractivity contribution in [1.29, 1.82) is 0 Å². The van der Waals surface area contributed by atoms with Gasteiger partial charge in [0.2, 0.25) is 10.0 Å². The molecule has 0 radical (unpaired) electrons. The number of hydrogen-bond acceptors (Lipinski definition) is 4. The van der Waals surface area contributed by atoms with Crippen LogP contribution in [-0.4, -0.2) is 56.8 Å². The molecule has 0 bridgehead atoms. The minimum atomic E-state index is -3.77. The highest BCUT2D eigenvalue weighted by Gasteiger charge is 2.30. The molecule has 2 aliphatic rings. The average molecular weight is 490 g/mol. The monoisotopic (exact) mass is 489 g/mol. The van der Waals surface area contributed by atoms with Gasteiger partial charge in [-0.3, -0.25) is 4.79 Å². The van der Waals surface area contributed by atoms with Crippen LogP contribution in [0.1, 0.15) is 59.3 Å². The lowest BCUT2D eigenvalue weighted by molar-refractivity contribution is 0.0935. The Bertz CT molecular complexity index is 1130. The highest BCUT2D eigenvalue weighted by atomic mass is 35.5. The number of sulfonamides is 1. The van der Waals surface area contributed by atoms with Crippen LogP contribution in [0, 0.1) is 0 Å². The number of likely N-dealkylation sites (N-methyl/N-ethyl adjacent to an activating group) is 1. The molecule has 8 heteroatoms. The molecule has 1 saturated heterocycles. The van der Waals surface area contributed by atoms with Crippen LogP contribution < -0.4 is 5.32 Å². The lowest BCUT2D eigenvalue weighted by Gasteiger charge is -2.31. The molecule has 0 aromatic heterocycles. The first-order valence-electron chi connectivity index (χ1n) is 11.7. The summed E-state index contributed by atoms with van der Waals surface area (Å²) < 4.78 is 27.9. The average Bonchev–Trinajstić information content (AvgIpc) is 2.82. The number of halogens is 1. The summed E-state index contributed by atoms with van der Waals surface area (Å²) in [6.45, 7) is 4.17. The van der Waals surface area contributed by atoms with Gasteiger partial charge in [-0.05, 0) is 74.0 Å². The minimum absolute atomic E-state index is 0.0109. The molecule has 1 N–H and O–H groups in total. The summed E-state index contributed by atoms with van der Waals surface area (Å²) >= 11 is 6.28. The molecule has 2 aromatic carbocycles. The summed E-state index contributed by atoms with van der Waals surface area (Å²) in [5, 5.41) is 3.22. The fourth-order valence-corrected chi connectivity index (χ4v) is 6.57. The highest BCUT2D eigenvalue weighted by Crippen LogP contribution is 2.28. The second-order valence-electron chi connectivity index (χ2n) is 9.02.